The van der Waals surface area contributed by atoms with Crippen molar-refractivity contribution in [3.63, 3.8) is 0 Å². The van der Waals surface area contributed by atoms with E-state index < -0.39 is 5.97 Å². The van der Waals surface area contributed by atoms with Crippen molar-refractivity contribution in [1.82, 2.24) is 4.98 Å². The Morgan fingerprint density at radius 2 is 2.07 bits per heavy atom. The zero-order valence-corrected chi connectivity index (χ0v) is 18.1. The molecule has 2 aromatic rings. The maximum atomic E-state index is 12.5. The first-order chi connectivity index (χ1) is 13.1. The fourth-order valence-corrected chi connectivity index (χ4v) is 5.58. The van der Waals surface area contributed by atoms with Crippen LogP contribution in [0.25, 0.3) is 0 Å². The number of anilines is 2. The molecule has 0 aromatic carbocycles. The van der Waals surface area contributed by atoms with Gasteiger partial charge in [-0.3, -0.25) is 4.79 Å². The summed E-state index contributed by atoms with van der Waals surface area (Å²) >= 11 is 2.51. The van der Waals surface area contributed by atoms with Crippen LogP contribution in [-0.4, -0.2) is 29.1 Å². The number of nitrogens with zero attached hydrogens (tertiary/aromatic N) is 1. The van der Waals surface area contributed by atoms with E-state index in [2.05, 4.69) is 31.1 Å². The highest BCUT2D eigenvalue weighted by atomic mass is 32.1. The molecule has 1 amide bonds. The normalized spacial score (nSPS) is 16.5. The van der Waals surface area contributed by atoms with Crippen molar-refractivity contribution in [3.05, 3.63) is 20.9 Å². The van der Waals surface area contributed by atoms with E-state index in [1.807, 2.05) is 0 Å². The van der Waals surface area contributed by atoms with Crippen LogP contribution in [0.1, 0.15) is 52.9 Å². The van der Waals surface area contributed by atoms with Crippen molar-refractivity contribution in [1.29, 1.82) is 0 Å². The van der Waals surface area contributed by atoms with E-state index in [4.69, 9.17) is 10.5 Å². The molecule has 9 heteroatoms. The van der Waals surface area contributed by atoms with Crippen molar-refractivity contribution in [3.8, 4) is 5.88 Å². The minimum Gasteiger partial charge on any atom is -0.492 e. The number of carbonyl (C=O) groups excluding carboxylic acids is 2. The average Bonchev–Trinajstić information content (AvgIpc) is 3.11. The molecular weight excluding hydrogens is 398 g/mol. The van der Waals surface area contributed by atoms with Crippen LogP contribution in [0.15, 0.2) is 0 Å². The number of ether oxygens (including phenoxy) is 1. The Morgan fingerprint density at radius 1 is 1.36 bits per heavy atom. The van der Waals surface area contributed by atoms with Gasteiger partial charge in [-0.05, 0) is 36.2 Å². The molecule has 7 nitrogen and oxygen atoms in total. The lowest BCUT2D eigenvalue weighted by Gasteiger charge is -2.33. The van der Waals surface area contributed by atoms with Gasteiger partial charge in [-0.15, -0.1) is 11.3 Å². The summed E-state index contributed by atoms with van der Waals surface area (Å²) < 4.78 is 4.97. The predicted molar refractivity (Wildman–Crippen MR) is 111 cm³/mol. The molecule has 1 atom stereocenters. The van der Waals surface area contributed by atoms with E-state index in [1.54, 1.807) is 0 Å². The molecular formula is C19H25N3O4S2. The highest BCUT2D eigenvalue weighted by Gasteiger charge is 2.34. The second kappa shape index (κ2) is 7.71. The van der Waals surface area contributed by atoms with Gasteiger partial charge in [-0.25, -0.2) is 4.79 Å². The summed E-state index contributed by atoms with van der Waals surface area (Å²) in [7, 11) is 1.34. The topological polar surface area (TPSA) is 115 Å². The molecule has 1 unspecified atom stereocenters. The van der Waals surface area contributed by atoms with Gasteiger partial charge in [0.15, 0.2) is 5.13 Å². The van der Waals surface area contributed by atoms with Gasteiger partial charge in [0, 0.05) is 4.88 Å². The van der Waals surface area contributed by atoms with Gasteiger partial charge in [0.05, 0.1) is 24.0 Å². The van der Waals surface area contributed by atoms with E-state index in [1.165, 1.54) is 18.4 Å². The number of carbonyl (C=O) groups is 2. The van der Waals surface area contributed by atoms with Gasteiger partial charge in [0.25, 0.3) is 0 Å². The molecule has 0 saturated carbocycles. The van der Waals surface area contributed by atoms with Gasteiger partial charge in [0.1, 0.15) is 5.00 Å². The first-order valence-electron chi connectivity index (χ1n) is 9.07. The molecule has 4 N–H and O–H groups in total. The number of aromatic nitrogens is 1. The third-order valence-corrected chi connectivity index (χ3v) is 7.19. The van der Waals surface area contributed by atoms with Crippen molar-refractivity contribution < 1.29 is 19.4 Å². The third kappa shape index (κ3) is 4.15. The molecule has 28 heavy (non-hydrogen) atoms. The average molecular weight is 424 g/mol. The minimum atomic E-state index is -0.438. The Kier molecular flexibility index (Phi) is 5.67. The van der Waals surface area contributed by atoms with Crippen LogP contribution < -0.4 is 11.1 Å². The third-order valence-electron chi connectivity index (χ3n) is 5.15. The van der Waals surface area contributed by atoms with E-state index in [-0.39, 0.29) is 28.8 Å². The van der Waals surface area contributed by atoms with Gasteiger partial charge in [-0.1, -0.05) is 32.1 Å². The number of hydrogen-bond donors (Lipinski definition) is 3. The summed E-state index contributed by atoms with van der Waals surface area (Å²) in [6.45, 7) is 6.69. The number of thiophene rings is 1. The summed E-state index contributed by atoms with van der Waals surface area (Å²) in [6, 6.07) is 0. The number of methoxy groups -OCH3 is 1. The molecule has 2 aromatic heterocycles. The lowest BCUT2D eigenvalue weighted by Crippen LogP contribution is -2.26. The van der Waals surface area contributed by atoms with Crippen LogP contribution in [0, 0.1) is 11.3 Å². The van der Waals surface area contributed by atoms with Crippen LogP contribution in [0.4, 0.5) is 10.1 Å². The van der Waals surface area contributed by atoms with Crippen molar-refractivity contribution in [2.24, 2.45) is 11.3 Å². The number of nitrogen functional groups attached to an aromatic ring is 1. The number of nitrogens with two attached hydrogens (primary N) is 1. The van der Waals surface area contributed by atoms with Gasteiger partial charge in [-0.2, -0.15) is 4.98 Å². The summed E-state index contributed by atoms with van der Waals surface area (Å²) in [6.07, 6.45) is 2.61. The maximum Gasteiger partial charge on any atom is 0.341 e. The summed E-state index contributed by atoms with van der Waals surface area (Å²) in [5.41, 5.74) is 7.18. The minimum absolute atomic E-state index is 0.0610. The molecule has 1 aliphatic rings. The Morgan fingerprint density at radius 3 is 2.64 bits per heavy atom. The molecule has 0 fully saturated rings. The molecule has 2 heterocycles. The highest BCUT2D eigenvalue weighted by molar-refractivity contribution is 7.17. The Hall–Kier alpha value is -2.13. The molecule has 0 aliphatic heterocycles. The van der Waals surface area contributed by atoms with Crippen LogP contribution >= 0.6 is 22.7 Å². The van der Waals surface area contributed by atoms with Gasteiger partial charge in [0.2, 0.25) is 11.8 Å². The van der Waals surface area contributed by atoms with Crippen molar-refractivity contribution in [2.45, 2.75) is 46.5 Å². The fraction of sp³-hybridized carbons (Fsp3) is 0.526. The molecule has 0 radical (unpaired) electrons. The van der Waals surface area contributed by atoms with E-state index >= 15 is 0 Å². The zero-order valence-electron chi connectivity index (χ0n) is 16.4. The van der Waals surface area contributed by atoms with Crippen LogP contribution in [-0.2, 0) is 28.8 Å². The van der Waals surface area contributed by atoms with E-state index in [9.17, 15) is 14.7 Å². The molecule has 1 aliphatic carbocycles. The monoisotopic (exact) mass is 423 g/mol. The Balaban J connectivity index is 1.86. The largest absolute Gasteiger partial charge is 0.492 e. The number of amides is 1. The smallest absolute Gasteiger partial charge is 0.341 e. The van der Waals surface area contributed by atoms with Crippen molar-refractivity contribution in [2.75, 3.05) is 18.2 Å². The van der Waals surface area contributed by atoms with Gasteiger partial charge < -0.3 is 20.9 Å². The second-order valence-electron chi connectivity index (χ2n) is 8.03. The summed E-state index contributed by atoms with van der Waals surface area (Å²) in [4.78, 5) is 30.2. The number of thiazole rings is 1. The summed E-state index contributed by atoms with van der Waals surface area (Å²) in [5, 5.41) is 13.3. The van der Waals surface area contributed by atoms with Crippen LogP contribution in [0.5, 0.6) is 5.88 Å². The number of esters is 1. The van der Waals surface area contributed by atoms with Crippen LogP contribution in [0.2, 0.25) is 0 Å². The number of aromatic hydroxyl groups is 1. The van der Waals surface area contributed by atoms with E-state index in [0.29, 0.717) is 21.4 Å². The first kappa shape index (κ1) is 20.6. The van der Waals surface area contributed by atoms with Crippen molar-refractivity contribution >= 4 is 44.7 Å². The molecule has 0 saturated heterocycles. The number of rotatable bonds is 4. The predicted octanol–water partition coefficient (Wildman–Crippen LogP) is 3.61. The lowest BCUT2D eigenvalue weighted by molar-refractivity contribution is -0.115. The maximum absolute atomic E-state index is 12.5. The standard InChI is InChI=1S/C19H25N3O4S2/c1-19(2,3)9-5-6-10-11(7-9)27-16(14(10)17(25)26-4)21-13(23)8-12-15(24)22-18(20)28-12/h9,24H,5-8H2,1-4H3,(H2,20,22)(H,21,23). The fourth-order valence-electron chi connectivity index (χ4n) is 3.52. The number of hydrogen-bond acceptors (Lipinski definition) is 8. The molecule has 3 rings (SSSR count). The highest BCUT2D eigenvalue weighted by Crippen LogP contribution is 2.44. The molecule has 0 spiro atoms. The first-order valence-corrected chi connectivity index (χ1v) is 10.7. The van der Waals surface area contributed by atoms with E-state index in [0.717, 1.165) is 41.0 Å². The molecule has 152 valence electrons. The molecule has 0 bridgehead atoms. The quantitative estimate of drug-likeness (QED) is 0.647. The zero-order chi connectivity index (χ0) is 20.6. The Labute approximate surface area is 171 Å². The lowest BCUT2D eigenvalue weighted by atomic mass is 9.72. The number of nitrogens with one attached hydrogen (secondary N) is 1. The Bertz CT molecular complexity index is 911. The van der Waals surface area contributed by atoms with Gasteiger partial charge >= 0.3 is 5.97 Å². The number of fused-ring (bicyclic) bond motifs is 1. The second-order valence-corrected chi connectivity index (χ2v) is 10.2. The summed E-state index contributed by atoms with van der Waals surface area (Å²) in [5.74, 6) is -0.490. The van der Waals surface area contributed by atoms with Crippen LogP contribution in [0.3, 0.4) is 0 Å². The SMILES string of the molecule is COC(=O)c1c(NC(=O)Cc2sc(N)nc2O)sc2c1CCC(C(C)(C)C)C2.